The molecule has 1 saturated heterocycles. The van der Waals surface area contributed by atoms with Gasteiger partial charge in [0.15, 0.2) is 0 Å². The molecule has 0 atom stereocenters. The number of amides is 2. The van der Waals surface area contributed by atoms with Gasteiger partial charge in [-0.3, -0.25) is 9.59 Å². The number of benzene rings is 1. The van der Waals surface area contributed by atoms with Gasteiger partial charge < -0.3 is 10.2 Å². The second-order valence-electron chi connectivity index (χ2n) is 6.21. The third-order valence-electron chi connectivity index (χ3n) is 4.24. The Morgan fingerprint density at radius 3 is 2.41 bits per heavy atom. The highest BCUT2D eigenvalue weighted by Crippen LogP contribution is 2.28. The van der Waals surface area contributed by atoms with Crippen LogP contribution in [0.5, 0.6) is 0 Å². The molecule has 1 aromatic rings. The predicted octanol–water partition coefficient (Wildman–Crippen LogP) is 2.13. The number of nitrogens with zero attached hydrogens (tertiary/aromatic N) is 2. The summed E-state index contributed by atoms with van der Waals surface area (Å²) in [6.45, 7) is 3.42. The summed E-state index contributed by atoms with van der Waals surface area (Å²) in [4.78, 5) is 25.4. The number of rotatable bonds is 7. The van der Waals surface area contributed by atoms with E-state index >= 15 is 0 Å². The minimum Gasteiger partial charge on any atom is -0.356 e. The second-order valence-corrected chi connectivity index (χ2v) is 8.96. The molecule has 1 aliphatic rings. The molecule has 1 N–H and O–H groups in total. The standard InChI is InChI=1S/C17H23Cl2N3O4S/c1-2-7-20-16(23)5-6-17(24)21-8-10-22(11-9-21)27(25,26)15-12-13(18)3-4-14(15)19/h3-4,12H,2,5-11H2,1H3,(H,20,23). The van der Waals surface area contributed by atoms with Crippen LogP contribution in [0.4, 0.5) is 0 Å². The highest BCUT2D eigenvalue weighted by Gasteiger charge is 2.31. The minimum absolute atomic E-state index is 0.0379. The van der Waals surface area contributed by atoms with E-state index in [0.717, 1.165) is 6.42 Å². The molecule has 0 unspecified atom stereocenters. The van der Waals surface area contributed by atoms with Crippen molar-refractivity contribution < 1.29 is 18.0 Å². The average molecular weight is 436 g/mol. The smallest absolute Gasteiger partial charge is 0.244 e. The number of hydrogen-bond donors (Lipinski definition) is 1. The molecule has 2 rings (SSSR count). The number of carbonyl (C=O) groups excluding carboxylic acids is 2. The first kappa shape index (κ1) is 21.9. The summed E-state index contributed by atoms with van der Waals surface area (Å²) in [5.74, 6) is -0.304. The Kier molecular flexibility index (Phi) is 7.91. The van der Waals surface area contributed by atoms with Crippen LogP contribution in [-0.2, 0) is 19.6 Å². The van der Waals surface area contributed by atoms with E-state index in [1.54, 1.807) is 4.90 Å². The van der Waals surface area contributed by atoms with Gasteiger partial charge in [-0.15, -0.1) is 0 Å². The molecule has 0 aliphatic carbocycles. The van der Waals surface area contributed by atoms with Gasteiger partial charge in [0, 0.05) is 50.6 Å². The van der Waals surface area contributed by atoms with Gasteiger partial charge in [0.1, 0.15) is 4.90 Å². The molecule has 0 spiro atoms. The summed E-state index contributed by atoms with van der Waals surface area (Å²) in [6, 6.07) is 4.29. The van der Waals surface area contributed by atoms with E-state index < -0.39 is 10.0 Å². The quantitative estimate of drug-likeness (QED) is 0.710. The van der Waals surface area contributed by atoms with Crippen LogP contribution < -0.4 is 5.32 Å². The third-order valence-corrected chi connectivity index (χ3v) is 6.86. The molecule has 27 heavy (non-hydrogen) atoms. The zero-order valence-corrected chi connectivity index (χ0v) is 17.4. The first-order valence-electron chi connectivity index (χ1n) is 8.75. The van der Waals surface area contributed by atoms with Gasteiger partial charge in [-0.25, -0.2) is 8.42 Å². The lowest BCUT2D eigenvalue weighted by Crippen LogP contribution is -2.50. The second kappa shape index (κ2) is 9.73. The van der Waals surface area contributed by atoms with Crippen molar-refractivity contribution in [1.29, 1.82) is 0 Å². The van der Waals surface area contributed by atoms with E-state index in [1.165, 1.54) is 22.5 Å². The average Bonchev–Trinajstić information content (AvgIpc) is 2.66. The molecule has 0 saturated carbocycles. The van der Waals surface area contributed by atoms with E-state index in [9.17, 15) is 18.0 Å². The van der Waals surface area contributed by atoms with E-state index in [-0.39, 0.29) is 65.8 Å². The topological polar surface area (TPSA) is 86.8 Å². The lowest BCUT2D eigenvalue weighted by Gasteiger charge is -2.34. The molecular weight excluding hydrogens is 413 g/mol. The number of halogens is 2. The largest absolute Gasteiger partial charge is 0.356 e. The summed E-state index contributed by atoms with van der Waals surface area (Å²) in [5.41, 5.74) is 0. The molecular formula is C17H23Cl2N3O4S. The minimum atomic E-state index is -3.79. The summed E-state index contributed by atoms with van der Waals surface area (Å²) in [6.07, 6.45) is 1.09. The maximum atomic E-state index is 12.8. The zero-order chi connectivity index (χ0) is 20.0. The molecule has 1 aromatic carbocycles. The number of piperazine rings is 1. The van der Waals surface area contributed by atoms with Crippen LogP contribution in [0.3, 0.4) is 0 Å². The van der Waals surface area contributed by atoms with Crippen molar-refractivity contribution in [1.82, 2.24) is 14.5 Å². The van der Waals surface area contributed by atoms with Crippen LogP contribution in [0.2, 0.25) is 10.0 Å². The van der Waals surface area contributed by atoms with Crippen LogP contribution >= 0.6 is 23.2 Å². The third kappa shape index (κ3) is 5.81. The van der Waals surface area contributed by atoms with Crippen molar-refractivity contribution in [2.75, 3.05) is 32.7 Å². The van der Waals surface area contributed by atoms with E-state index in [1.807, 2.05) is 6.92 Å². The van der Waals surface area contributed by atoms with Crippen molar-refractivity contribution in [2.45, 2.75) is 31.1 Å². The Morgan fingerprint density at radius 2 is 1.78 bits per heavy atom. The molecule has 0 aromatic heterocycles. The van der Waals surface area contributed by atoms with Gasteiger partial charge in [0.2, 0.25) is 21.8 Å². The van der Waals surface area contributed by atoms with Crippen LogP contribution in [0.1, 0.15) is 26.2 Å². The van der Waals surface area contributed by atoms with Gasteiger partial charge in [0.05, 0.1) is 5.02 Å². The molecule has 1 heterocycles. The van der Waals surface area contributed by atoms with Crippen LogP contribution in [-0.4, -0.2) is 62.2 Å². The summed E-state index contributed by atoms with van der Waals surface area (Å²) >= 11 is 11.9. The number of hydrogen-bond acceptors (Lipinski definition) is 4. The monoisotopic (exact) mass is 435 g/mol. The molecule has 150 valence electrons. The highest BCUT2D eigenvalue weighted by atomic mass is 35.5. The van der Waals surface area contributed by atoms with Gasteiger partial charge >= 0.3 is 0 Å². The fourth-order valence-corrected chi connectivity index (χ4v) is 4.88. The Labute approximate surface area is 169 Å². The van der Waals surface area contributed by atoms with Crippen molar-refractivity contribution in [3.63, 3.8) is 0 Å². The normalized spacial score (nSPS) is 15.6. The van der Waals surface area contributed by atoms with Gasteiger partial charge in [-0.1, -0.05) is 30.1 Å². The van der Waals surface area contributed by atoms with Crippen molar-refractivity contribution in [3.8, 4) is 0 Å². The maximum Gasteiger partial charge on any atom is 0.244 e. The maximum absolute atomic E-state index is 12.8. The fourth-order valence-electron chi connectivity index (χ4n) is 2.72. The molecule has 0 radical (unpaired) electrons. The Hall–Kier alpha value is -1.35. The lowest BCUT2D eigenvalue weighted by atomic mass is 10.2. The Balaban J connectivity index is 1.91. The van der Waals surface area contributed by atoms with Crippen LogP contribution in [0.15, 0.2) is 23.1 Å². The Bertz CT molecular complexity index is 793. The molecule has 1 fully saturated rings. The van der Waals surface area contributed by atoms with E-state index in [2.05, 4.69) is 5.32 Å². The van der Waals surface area contributed by atoms with Gasteiger partial charge in [0.25, 0.3) is 0 Å². The molecule has 10 heteroatoms. The number of nitrogens with one attached hydrogen (secondary N) is 1. The Morgan fingerprint density at radius 1 is 1.11 bits per heavy atom. The summed E-state index contributed by atoms with van der Waals surface area (Å²) in [5, 5.41) is 3.12. The lowest BCUT2D eigenvalue weighted by molar-refractivity contribution is -0.134. The predicted molar refractivity (Wildman–Crippen MR) is 104 cm³/mol. The molecule has 1 aliphatic heterocycles. The van der Waals surface area contributed by atoms with Crippen LogP contribution in [0, 0.1) is 0 Å². The van der Waals surface area contributed by atoms with Crippen molar-refractivity contribution in [3.05, 3.63) is 28.2 Å². The zero-order valence-electron chi connectivity index (χ0n) is 15.1. The molecule has 0 bridgehead atoms. The van der Waals surface area contributed by atoms with E-state index in [4.69, 9.17) is 23.2 Å². The SMILES string of the molecule is CCCNC(=O)CCC(=O)N1CCN(S(=O)(=O)c2cc(Cl)ccc2Cl)CC1. The van der Waals surface area contributed by atoms with Gasteiger partial charge in [-0.2, -0.15) is 4.31 Å². The van der Waals surface area contributed by atoms with E-state index in [0.29, 0.717) is 6.54 Å². The first-order valence-corrected chi connectivity index (χ1v) is 10.9. The van der Waals surface area contributed by atoms with Crippen molar-refractivity contribution in [2.24, 2.45) is 0 Å². The first-order chi connectivity index (χ1) is 12.8. The number of sulfonamides is 1. The summed E-state index contributed by atoms with van der Waals surface area (Å²) in [7, 11) is -3.79. The van der Waals surface area contributed by atoms with Crippen molar-refractivity contribution >= 4 is 45.0 Å². The fraction of sp³-hybridized carbons (Fsp3) is 0.529. The number of carbonyl (C=O) groups is 2. The summed E-state index contributed by atoms with van der Waals surface area (Å²) < 4.78 is 26.9. The highest BCUT2D eigenvalue weighted by molar-refractivity contribution is 7.89. The van der Waals surface area contributed by atoms with Crippen LogP contribution in [0.25, 0.3) is 0 Å². The van der Waals surface area contributed by atoms with Gasteiger partial charge in [-0.05, 0) is 24.6 Å². The molecule has 7 nitrogen and oxygen atoms in total. The molecule has 2 amide bonds.